The van der Waals surface area contributed by atoms with Crippen LogP contribution in [-0.4, -0.2) is 39.0 Å². The molecule has 4 nitrogen and oxygen atoms in total. The van der Waals surface area contributed by atoms with Gasteiger partial charge in [0.15, 0.2) is 0 Å². The first-order chi connectivity index (χ1) is 7.45. The molecule has 2 saturated heterocycles. The Labute approximate surface area is 88.8 Å². The van der Waals surface area contributed by atoms with Gasteiger partial charge in [-0.05, 0) is 18.3 Å². The van der Waals surface area contributed by atoms with Crippen molar-refractivity contribution in [3.63, 3.8) is 0 Å². The van der Waals surface area contributed by atoms with Crippen LogP contribution in [0.5, 0.6) is 0 Å². The van der Waals surface area contributed by atoms with Crippen LogP contribution in [-0.2, 0) is 18.9 Å². The van der Waals surface area contributed by atoms with Crippen molar-refractivity contribution in [2.24, 2.45) is 23.7 Å². The Kier molecular flexibility index (Phi) is 1.89. The Hall–Kier alpha value is -0.160. The highest BCUT2D eigenvalue weighted by Crippen LogP contribution is 2.57. The van der Waals surface area contributed by atoms with E-state index in [0.29, 0.717) is 49.5 Å². The van der Waals surface area contributed by atoms with Crippen molar-refractivity contribution in [1.82, 2.24) is 0 Å². The second-order valence-corrected chi connectivity index (χ2v) is 5.14. The highest BCUT2D eigenvalue weighted by Gasteiger charge is 2.63. The summed E-state index contributed by atoms with van der Waals surface area (Å²) in [5.41, 5.74) is 0. The van der Waals surface area contributed by atoms with E-state index >= 15 is 0 Å². The van der Waals surface area contributed by atoms with E-state index in [0.717, 1.165) is 13.2 Å². The van der Waals surface area contributed by atoms with E-state index in [4.69, 9.17) is 18.9 Å². The monoisotopic (exact) mass is 212 g/mol. The number of hydrogen-bond acceptors (Lipinski definition) is 4. The van der Waals surface area contributed by atoms with Crippen molar-refractivity contribution in [2.75, 3.05) is 26.8 Å². The largest absolute Gasteiger partial charge is 0.355 e. The average Bonchev–Trinajstić information content (AvgIpc) is 2.95. The number of fused-ring (bicyclic) bond motifs is 2. The smallest absolute Gasteiger partial charge is 0.147 e. The maximum Gasteiger partial charge on any atom is 0.147 e. The van der Waals surface area contributed by atoms with Gasteiger partial charge in [0, 0.05) is 11.8 Å². The fourth-order valence-corrected chi connectivity index (χ4v) is 3.58. The van der Waals surface area contributed by atoms with E-state index in [1.807, 2.05) is 0 Å². The summed E-state index contributed by atoms with van der Waals surface area (Å²) in [6, 6.07) is 0. The molecule has 4 heteroatoms. The van der Waals surface area contributed by atoms with E-state index in [9.17, 15) is 0 Å². The van der Waals surface area contributed by atoms with Gasteiger partial charge in [0.05, 0.1) is 25.4 Å². The van der Waals surface area contributed by atoms with Gasteiger partial charge in [0.25, 0.3) is 0 Å². The van der Waals surface area contributed by atoms with Crippen molar-refractivity contribution in [1.29, 1.82) is 0 Å². The van der Waals surface area contributed by atoms with Crippen LogP contribution in [0.3, 0.4) is 0 Å². The van der Waals surface area contributed by atoms with Gasteiger partial charge in [-0.1, -0.05) is 0 Å². The summed E-state index contributed by atoms with van der Waals surface area (Å²) in [7, 11) is 0. The third-order valence-corrected chi connectivity index (χ3v) is 4.44. The third kappa shape index (κ3) is 1.22. The molecule has 2 aliphatic carbocycles. The van der Waals surface area contributed by atoms with Crippen molar-refractivity contribution < 1.29 is 18.9 Å². The number of ether oxygens (including phenoxy) is 4. The molecule has 0 bridgehead atoms. The predicted molar refractivity (Wildman–Crippen MR) is 50.0 cm³/mol. The minimum absolute atomic E-state index is 0.443. The minimum Gasteiger partial charge on any atom is -0.355 e. The van der Waals surface area contributed by atoms with Crippen molar-refractivity contribution in [3.8, 4) is 0 Å². The summed E-state index contributed by atoms with van der Waals surface area (Å²) < 4.78 is 21.9. The molecule has 0 aromatic carbocycles. The summed E-state index contributed by atoms with van der Waals surface area (Å²) >= 11 is 0. The van der Waals surface area contributed by atoms with E-state index in [2.05, 4.69) is 0 Å². The molecule has 6 unspecified atom stereocenters. The summed E-state index contributed by atoms with van der Waals surface area (Å²) in [4.78, 5) is 0. The molecule has 4 aliphatic rings. The Morgan fingerprint density at radius 2 is 1.60 bits per heavy atom. The molecule has 0 amide bonds. The number of rotatable bonds is 1. The lowest BCUT2D eigenvalue weighted by Gasteiger charge is -2.47. The lowest BCUT2D eigenvalue weighted by atomic mass is 9.68. The maximum absolute atomic E-state index is 5.68. The van der Waals surface area contributed by atoms with Crippen LogP contribution in [0.15, 0.2) is 0 Å². The Balaban J connectivity index is 1.43. The second-order valence-electron chi connectivity index (χ2n) is 5.14. The minimum atomic E-state index is 0.443. The van der Waals surface area contributed by atoms with Crippen molar-refractivity contribution >= 4 is 0 Å². The van der Waals surface area contributed by atoms with Gasteiger partial charge < -0.3 is 18.9 Å². The third-order valence-electron chi connectivity index (χ3n) is 4.44. The zero-order valence-electron chi connectivity index (χ0n) is 8.63. The SMILES string of the molecule is C1OCC2CC(C3C4COCOC43)C2O1. The van der Waals surface area contributed by atoms with Gasteiger partial charge in [-0.25, -0.2) is 0 Å². The highest BCUT2D eigenvalue weighted by atomic mass is 16.7. The van der Waals surface area contributed by atoms with Crippen LogP contribution in [0.25, 0.3) is 0 Å². The van der Waals surface area contributed by atoms with Gasteiger partial charge >= 0.3 is 0 Å². The molecule has 84 valence electrons. The highest BCUT2D eigenvalue weighted by molar-refractivity contribution is 5.10. The van der Waals surface area contributed by atoms with Gasteiger partial charge in [-0.15, -0.1) is 0 Å². The normalized spacial score (nSPS) is 57.6. The maximum atomic E-state index is 5.68. The van der Waals surface area contributed by atoms with E-state index < -0.39 is 0 Å². The molecule has 0 aromatic rings. The van der Waals surface area contributed by atoms with Gasteiger partial charge in [-0.2, -0.15) is 0 Å². The van der Waals surface area contributed by atoms with Crippen LogP contribution >= 0.6 is 0 Å². The molecule has 0 N–H and O–H groups in total. The Morgan fingerprint density at radius 3 is 2.33 bits per heavy atom. The van der Waals surface area contributed by atoms with E-state index in [-0.39, 0.29) is 0 Å². The Morgan fingerprint density at radius 1 is 0.800 bits per heavy atom. The van der Waals surface area contributed by atoms with E-state index in [1.165, 1.54) is 6.42 Å². The van der Waals surface area contributed by atoms with Crippen LogP contribution in [0.4, 0.5) is 0 Å². The van der Waals surface area contributed by atoms with Crippen LogP contribution < -0.4 is 0 Å². The van der Waals surface area contributed by atoms with Crippen molar-refractivity contribution in [2.45, 2.75) is 18.6 Å². The molecule has 2 saturated carbocycles. The molecular formula is C11H16O4. The summed E-state index contributed by atoms with van der Waals surface area (Å²) in [5.74, 6) is 2.70. The first-order valence-corrected chi connectivity index (χ1v) is 5.84. The predicted octanol–water partition coefficient (Wildman–Crippen LogP) is 0.614. The van der Waals surface area contributed by atoms with Crippen LogP contribution in [0.1, 0.15) is 6.42 Å². The molecule has 4 fully saturated rings. The molecular weight excluding hydrogens is 196 g/mol. The fraction of sp³-hybridized carbons (Fsp3) is 1.00. The van der Waals surface area contributed by atoms with Gasteiger partial charge in [0.1, 0.15) is 13.6 Å². The standard InChI is InChI=1S/C11H16O4/c1-6-2-12-4-14-10(6)7(1)9-8-3-13-5-15-11(8)9/h6-11H,1-5H2. The quantitative estimate of drug-likeness (QED) is 0.638. The molecule has 0 spiro atoms. The molecule has 15 heavy (non-hydrogen) atoms. The average molecular weight is 212 g/mol. The summed E-state index contributed by atoms with van der Waals surface area (Å²) in [6.45, 7) is 2.75. The fourth-order valence-electron chi connectivity index (χ4n) is 3.58. The zero-order chi connectivity index (χ0) is 9.83. The Bertz CT molecular complexity index is 257. The number of hydrogen-bond donors (Lipinski definition) is 0. The molecule has 6 atom stereocenters. The van der Waals surface area contributed by atoms with Crippen molar-refractivity contribution in [3.05, 3.63) is 0 Å². The first kappa shape index (κ1) is 8.93. The lowest BCUT2D eigenvalue weighted by Crippen LogP contribution is -2.51. The topological polar surface area (TPSA) is 36.9 Å². The molecule has 0 radical (unpaired) electrons. The lowest BCUT2D eigenvalue weighted by molar-refractivity contribution is -0.234. The summed E-state index contributed by atoms with van der Waals surface area (Å²) in [5, 5.41) is 0. The van der Waals surface area contributed by atoms with Gasteiger partial charge in [0.2, 0.25) is 0 Å². The molecule has 2 heterocycles. The second kappa shape index (κ2) is 3.17. The first-order valence-electron chi connectivity index (χ1n) is 5.84. The molecule has 2 aliphatic heterocycles. The zero-order valence-corrected chi connectivity index (χ0v) is 8.63. The van der Waals surface area contributed by atoms with Crippen LogP contribution in [0, 0.1) is 23.7 Å². The van der Waals surface area contributed by atoms with Gasteiger partial charge in [-0.3, -0.25) is 0 Å². The molecule has 0 aromatic heterocycles. The summed E-state index contributed by atoms with van der Waals surface area (Å²) in [6.07, 6.45) is 2.17. The van der Waals surface area contributed by atoms with Crippen LogP contribution in [0.2, 0.25) is 0 Å². The molecule has 4 rings (SSSR count). The van der Waals surface area contributed by atoms with E-state index in [1.54, 1.807) is 0 Å².